The standard InChI is InChI=1S/C15H18O3/c1-8-6-12-9(2)7-17-14(12)15-11(8)4-5-13(18-15)10(3)16/h6-7,10,13,16H,4-5H2,1-3H3. The monoisotopic (exact) mass is 246 g/mol. The van der Waals surface area contributed by atoms with Crippen LogP contribution in [-0.4, -0.2) is 17.3 Å². The number of furan rings is 1. The molecule has 96 valence electrons. The molecule has 1 aliphatic heterocycles. The maximum absolute atomic E-state index is 9.69. The van der Waals surface area contributed by atoms with Crippen molar-refractivity contribution in [2.45, 2.75) is 45.8 Å². The number of ether oxygens (including phenoxy) is 1. The number of aryl methyl sites for hydroxylation is 2. The van der Waals surface area contributed by atoms with Gasteiger partial charge in [-0.2, -0.15) is 0 Å². The lowest BCUT2D eigenvalue weighted by Gasteiger charge is -2.29. The van der Waals surface area contributed by atoms with E-state index < -0.39 is 6.10 Å². The second-order valence-electron chi connectivity index (χ2n) is 5.23. The molecule has 0 saturated heterocycles. The summed E-state index contributed by atoms with van der Waals surface area (Å²) in [6.07, 6.45) is 2.97. The number of rotatable bonds is 1. The van der Waals surface area contributed by atoms with E-state index in [4.69, 9.17) is 9.15 Å². The summed E-state index contributed by atoms with van der Waals surface area (Å²) < 4.78 is 11.6. The summed E-state index contributed by atoms with van der Waals surface area (Å²) in [6.45, 7) is 5.92. The first-order valence-electron chi connectivity index (χ1n) is 6.43. The molecular formula is C15H18O3. The van der Waals surface area contributed by atoms with Gasteiger partial charge in [-0.15, -0.1) is 0 Å². The Hall–Kier alpha value is -1.48. The lowest BCUT2D eigenvalue weighted by molar-refractivity contribution is 0.0360. The van der Waals surface area contributed by atoms with Gasteiger partial charge in [0.05, 0.1) is 12.4 Å². The van der Waals surface area contributed by atoms with E-state index in [2.05, 4.69) is 13.0 Å². The Bertz CT molecular complexity index is 595. The molecule has 3 rings (SSSR count). The molecule has 2 atom stereocenters. The molecule has 0 saturated carbocycles. The van der Waals surface area contributed by atoms with Crippen molar-refractivity contribution < 1.29 is 14.3 Å². The summed E-state index contributed by atoms with van der Waals surface area (Å²) in [5.74, 6) is 0.829. The molecular weight excluding hydrogens is 228 g/mol. The van der Waals surface area contributed by atoms with Crippen LogP contribution < -0.4 is 4.74 Å². The van der Waals surface area contributed by atoms with Crippen molar-refractivity contribution in [2.75, 3.05) is 0 Å². The summed E-state index contributed by atoms with van der Waals surface area (Å²) in [5, 5.41) is 10.8. The predicted molar refractivity (Wildman–Crippen MR) is 70.1 cm³/mol. The molecule has 0 radical (unpaired) electrons. The lowest BCUT2D eigenvalue weighted by atomic mass is 9.94. The molecule has 2 unspecified atom stereocenters. The van der Waals surface area contributed by atoms with Gasteiger partial charge in [0.2, 0.25) is 0 Å². The van der Waals surface area contributed by atoms with Crippen LogP contribution in [0.3, 0.4) is 0 Å². The Labute approximate surface area is 106 Å². The normalized spacial score (nSPS) is 20.6. The Balaban J connectivity index is 2.19. The maximum Gasteiger partial charge on any atom is 0.176 e. The minimum atomic E-state index is -0.454. The summed E-state index contributed by atoms with van der Waals surface area (Å²) in [4.78, 5) is 0. The number of hydrogen-bond donors (Lipinski definition) is 1. The summed E-state index contributed by atoms with van der Waals surface area (Å²) >= 11 is 0. The summed E-state index contributed by atoms with van der Waals surface area (Å²) in [7, 11) is 0. The number of aliphatic hydroxyl groups is 1. The van der Waals surface area contributed by atoms with Gasteiger partial charge in [-0.3, -0.25) is 0 Å². The van der Waals surface area contributed by atoms with Crippen molar-refractivity contribution in [3.05, 3.63) is 29.0 Å². The second-order valence-corrected chi connectivity index (χ2v) is 5.23. The minimum Gasteiger partial charge on any atom is -0.483 e. The van der Waals surface area contributed by atoms with Crippen molar-refractivity contribution >= 4 is 11.0 Å². The van der Waals surface area contributed by atoms with Crippen molar-refractivity contribution in [3.63, 3.8) is 0 Å². The van der Waals surface area contributed by atoms with Crippen LogP contribution in [0.2, 0.25) is 0 Å². The minimum absolute atomic E-state index is 0.132. The van der Waals surface area contributed by atoms with Crippen LogP contribution in [0, 0.1) is 13.8 Å². The van der Waals surface area contributed by atoms with E-state index in [-0.39, 0.29) is 6.10 Å². The maximum atomic E-state index is 9.69. The molecule has 0 bridgehead atoms. The first kappa shape index (κ1) is 11.6. The Morgan fingerprint density at radius 1 is 1.33 bits per heavy atom. The summed E-state index contributed by atoms with van der Waals surface area (Å²) in [6, 6.07) is 2.17. The molecule has 18 heavy (non-hydrogen) atoms. The largest absolute Gasteiger partial charge is 0.483 e. The first-order chi connectivity index (χ1) is 8.58. The van der Waals surface area contributed by atoms with E-state index in [1.807, 2.05) is 6.92 Å². The van der Waals surface area contributed by atoms with Crippen LogP contribution >= 0.6 is 0 Å². The number of fused-ring (bicyclic) bond motifs is 3. The molecule has 1 aromatic heterocycles. The van der Waals surface area contributed by atoms with Gasteiger partial charge in [0.1, 0.15) is 6.10 Å². The van der Waals surface area contributed by atoms with E-state index >= 15 is 0 Å². The summed E-state index contributed by atoms with van der Waals surface area (Å²) in [5.41, 5.74) is 4.40. The highest BCUT2D eigenvalue weighted by molar-refractivity contribution is 5.88. The molecule has 2 aromatic rings. The van der Waals surface area contributed by atoms with Crippen LogP contribution in [-0.2, 0) is 6.42 Å². The van der Waals surface area contributed by atoms with E-state index in [9.17, 15) is 5.11 Å². The molecule has 0 spiro atoms. The highest BCUT2D eigenvalue weighted by Crippen LogP contribution is 2.39. The van der Waals surface area contributed by atoms with Gasteiger partial charge in [0, 0.05) is 10.9 Å². The molecule has 1 N–H and O–H groups in total. The fraction of sp³-hybridized carbons (Fsp3) is 0.467. The van der Waals surface area contributed by atoms with Crippen molar-refractivity contribution in [1.29, 1.82) is 0 Å². The van der Waals surface area contributed by atoms with Gasteiger partial charge >= 0.3 is 0 Å². The van der Waals surface area contributed by atoms with Gasteiger partial charge in [0.25, 0.3) is 0 Å². The number of benzene rings is 1. The van der Waals surface area contributed by atoms with Crippen LogP contribution in [0.15, 0.2) is 16.7 Å². The van der Waals surface area contributed by atoms with Gasteiger partial charge < -0.3 is 14.3 Å². The zero-order valence-electron chi connectivity index (χ0n) is 11.0. The van der Waals surface area contributed by atoms with E-state index in [1.54, 1.807) is 13.2 Å². The second kappa shape index (κ2) is 4.02. The third-order valence-corrected chi connectivity index (χ3v) is 3.83. The Morgan fingerprint density at radius 2 is 2.11 bits per heavy atom. The van der Waals surface area contributed by atoms with E-state index in [1.165, 1.54) is 11.1 Å². The van der Waals surface area contributed by atoms with Crippen LogP contribution in [0.4, 0.5) is 0 Å². The fourth-order valence-electron chi connectivity index (χ4n) is 2.70. The molecule has 1 aromatic carbocycles. The van der Waals surface area contributed by atoms with E-state index in [0.717, 1.165) is 35.1 Å². The highest BCUT2D eigenvalue weighted by atomic mass is 16.5. The fourth-order valence-corrected chi connectivity index (χ4v) is 2.70. The van der Waals surface area contributed by atoms with Crippen LogP contribution in [0.1, 0.15) is 30.0 Å². The average Bonchev–Trinajstić information content (AvgIpc) is 2.71. The molecule has 0 amide bonds. The smallest absolute Gasteiger partial charge is 0.176 e. The van der Waals surface area contributed by atoms with Gasteiger partial charge in [-0.1, -0.05) is 0 Å². The van der Waals surface area contributed by atoms with E-state index in [0.29, 0.717) is 0 Å². The molecule has 0 fully saturated rings. The zero-order valence-corrected chi connectivity index (χ0v) is 11.0. The third kappa shape index (κ3) is 1.62. The molecule has 1 aliphatic rings. The molecule has 3 nitrogen and oxygen atoms in total. The lowest BCUT2D eigenvalue weighted by Crippen LogP contribution is -2.33. The zero-order chi connectivity index (χ0) is 12.9. The number of hydrogen-bond acceptors (Lipinski definition) is 3. The van der Waals surface area contributed by atoms with Crippen molar-refractivity contribution in [3.8, 4) is 5.75 Å². The van der Waals surface area contributed by atoms with Gasteiger partial charge in [-0.25, -0.2) is 0 Å². The Kier molecular flexibility index (Phi) is 2.59. The molecule has 3 heteroatoms. The molecule has 0 aliphatic carbocycles. The van der Waals surface area contributed by atoms with Crippen LogP contribution in [0.5, 0.6) is 5.75 Å². The van der Waals surface area contributed by atoms with Crippen LogP contribution in [0.25, 0.3) is 11.0 Å². The van der Waals surface area contributed by atoms with Gasteiger partial charge in [-0.05, 0) is 50.8 Å². The SMILES string of the molecule is Cc1cc2c(C)coc2c2c1CCC(C(C)O)O2. The topological polar surface area (TPSA) is 42.6 Å². The van der Waals surface area contributed by atoms with Gasteiger partial charge in [0.15, 0.2) is 11.3 Å². The first-order valence-corrected chi connectivity index (χ1v) is 6.43. The number of aliphatic hydroxyl groups excluding tert-OH is 1. The predicted octanol–water partition coefficient (Wildman–Crippen LogP) is 3.12. The quantitative estimate of drug-likeness (QED) is 0.840. The average molecular weight is 246 g/mol. The highest BCUT2D eigenvalue weighted by Gasteiger charge is 2.27. The third-order valence-electron chi connectivity index (χ3n) is 3.83. The van der Waals surface area contributed by atoms with Crippen molar-refractivity contribution in [2.24, 2.45) is 0 Å². The Morgan fingerprint density at radius 3 is 2.83 bits per heavy atom. The van der Waals surface area contributed by atoms with Crippen molar-refractivity contribution in [1.82, 2.24) is 0 Å². The molecule has 2 heterocycles.